The van der Waals surface area contributed by atoms with E-state index in [4.69, 9.17) is 16.3 Å². The van der Waals surface area contributed by atoms with E-state index in [1.54, 1.807) is 29.5 Å². The summed E-state index contributed by atoms with van der Waals surface area (Å²) >= 11 is 6.56. The van der Waals surface area contributed by atoms with Crippen molar-refractivity contribution in [2.24, 2.45) is 25.9 Å². The number of ether oxygens (including phenoxy) is 1. The molecule has 1 unspecified atom stereocenters. The molecule has 3 aliphatic heterocycles. The van der Waals surface area contributed by atoms with Crippen molar-refractivity contribution >= 4 is 41.0 Å². The van der Waals surface area contributed by atoms with Crippen LogP contribution in [0.2, 0.25) is 5.02 Å². The largest absolute Gasteiger partial charge is 0.456 e. The number of aliphatic hydroxyl groups is 1. The molecule has 1 aromatic rings. The average Bonchev–Trinajstić information content (AvgIpc) is 3.34. The summed E-state index contributed by atoms with van der Waals surface area (Å²) in [6.07, 6.45) is 14.8. The lowest BCUT2D eigenvalue weighted by molar-refractivity contribution is 0.133. The molecule has 11 heteroatoms. The maximum atomic E-state index is 10.1. The van der Waals surface area contributed by atoms with Crippen LogP contribution in [0.3, 0.4) is 0 Å². The van der Waals surface area contributed by atoms with E-state index in [0.717, 1.165) is 19.3 Å². The third-order valence-corrected chi connectivity index (χ3v) is 6.68. The SMILES string of the molecule is C=C(/N=C1/C(Nc2ccc(OC3=CC4=NC=CNN4C=C3)c(Cl)c2)=NC=N/C1=C/C)NC[C@H]1CCCC1O. The second-order valence-electron chi connectivity index (χ2n) is 8.98. The molecule has 4 N–H and O–H groups in total. The molecule has 1 saturated carbocycles. The smallest absolute Gasteiger partial charge is 0.160 e. The van der Waals surface area contributed by atoms with E-state index in [9.17, 15) is 5.11 Å². The number of nitrogens with one attached hydrogen (secondary N) is 3. The quantitative estimate of drug-likeness (QED) is 0.417. The number of rotatable bonds is 7. The molecule has 2 atom stereocenters. The number of amidine groups is 2. The van der Waals surface area contributed by atoms with Crippen LogP contribution < -0.4 is 20.8 Å². The van der Waals surface area contributed by atoms with E-state index in [1.165, 1.54) is 6.34 Å². The Balaban J connectivity index is 1.27. The lowest BCUT2D eigenvalue weighted by Gasteiger charge is -2.25. The lowest BCUT2D eigenvalue weighted by Crippen LogP contribution is -2.37. The summed E-state index contributed by atoms with van der Waals surface area (Å²) in [4.78, 5) is 17.7. The summed E-state index contributed by atoms with van der Waals surface area (Å²) in [6, 6.07) is 5.39. The molecule has 196 valence electrons. The predicted octanol–water partition coefficient (Wildman–Crippen LogP) is 4.24. The number of benzene rings is 1. The predicted molar refractivity (Wildman–Crippen MR) is 152 cm³/mol. The molecule has 0 radical (unpaired) electrons. The number of hydrazine groups is 1. The highest BCUT2D eigenvalue weighted by Gasteiger charge is 2.25. The van der Waals surface area contributed by atoms with Crippen LogP contribution in [0.1, 0.15) is 26.2 Å². The van der Waals surface area contributed by atoms with Gasteiger partial charge < -0.3 is 20.5 Å². The van der Waals surface area contributed by atoms with E-state index in [0.29, 0.717) is 57.7 Å². The Morgan fingerprint density at radius 3 is 3.05 bits per heavy atom. The first-order valence-electron chi connectivity index (χ1n) is 12.4. The van der Waals surface area contributed by atoms with Crippen LogP contribution in [0, 0.1) is 5.92 Å². The Hall–Kier alpha value is -4.15. The van der Waals surface area contributed by atoms with Crippen LogP contribution in [0.5, 0.6) is 5.75 Å². The van der Waals surface area contributed by atoms with E-state index >= 15 is 0 Å². The van der Waals surface area contributed by atoms with Crippen LogP contribution in [-0.4, -0.2) is 46.5 Å². The van der Waals surface area contributed by atoms with Gasteiger partial charge in [-0.05, 0) is 44.0 Å². The summed E-state index contributed by atoms with van der Waals surface area (Å²) in [5.41, 5.74) is 4.97. The Morgan fingerprint density at radius 1 is 1.37 bits per heavy atom. The topological polar surface area (TPSA) is 118 Å². The van der Waals surface area contributed by atoms with Crippen molar-refractivity contribution in [3.63, 3.8) is 0 Å². The number of hydrogen-bond acceptors (Lipinski definition) is 10. The molecule has 38 heavy (non-hydrogen) atoms. The first-order chi connectivity index (χ1) is 18.5. The number of aliphatic hydroxyl groups excluding tert-OH is 1. The minimum atomic E-state index is -0.279. The third-order valence-electron chi connectivity index (χ3n) is 6.38. The number of nitrogens with zero attached hydrogens (tertiary/aromatic N) is 5. The number of halogens is 1. The van der Waals surface area contributed by atoms with Crippen LogP contribution in [0.4, 0.5) is 5.69 Å². The molecular weight excluding hydrogens is 504 g/mol. The molecule has 0 bridgehead atoms. The normalized spacial score (nSPS) is 24.0. The van der Waals surface area contributed by atoms with E-state index in [-0.39, 0.29) is 12.0 Å². The second-order valence-corrected chi connectivity index (χ2v) is 9.39. The summed E-state index contributed by atoms with van der Waals surface area (Å²) in [5.74, 6) is 3.01. The number of anilines is 1. The highest BCUT2D eigenvalue weighted by atomic mass is 35.5. The average molecular weight is 533 g/mol. The minimum Gasteiger partial charge on any atom is -0.456 e. The Bertz CT molecular complexity index is 1350. The maximum absolute atomic E-state index is 10.1. The standard InChI is InChI=1S/C27H29ClN8O2/c1-3-22-26(34-17(2)30-15-18-5-4-6-23(18)37)27(32-16-31-22)35-19-7-8-24(21(28)13-19)38-20-9-12-36-25(14-20)29-10-11-33-36/h3,7-14,16,18,23,30,33,37H,2,4-6,15H2,1H3,(H,31,32,35)/b22-3+,34-26+/t18-,23?/m1/s1. The Kier molecular flexibility index (Phi) is 7.71. The van der Waals surface area contributed by atoms with Gasteiger partial charge in [0.25, 0.3) is 0 Å². The summed E-state index contributed by atoms with van der Waals surface area (Å²) in [7, 11) is 0. The van der Waals surface area contributed by atoms with Crippen LogP contribution in [0.25, 0.3) is 0 Å². The molecule has 0 amide bonds. The fourth-order valence-corrected chi connectivity index (χ4v) is 4.60. The van der Waals surface area contributed by atoms with Gasteiger partial charge >= 0.3 is 0 Å². The van der Waals surface area contributed by atoms with Crippen molar-refractivity contribution in [1.29, 1.82) is 0 Å². The zero-order valence-corrected chi connectivity index (χ0v) is 21.7. The fraction of sp³-hybridized carbons (Fsp3) is 0.259. The number of hydrogen-bond donors (Lipinski definition) is 4. The zero-order valence-electron chi connectivity index (χ0n) is 20.9. The highest BCUT2D eigenvalue weighted by Crippen LogP contribution is 2.30. The molecule has 1 fully saturated rings. The number of aliphatic imine (C=N–C) groups is 4. The summed E-state index contributed by atoms with van der Waals surface area (Å²) in [5, 5.41) is 18.8. The van der Waals surface area contributed by atoms with Gasteiger partial charge in [-0.1, -0.05) is 30.7 Å². The zero-order chi connectivity index (χ0) is 26.5. The van der Waals surface area contributed by atoms with E-state index < -0.39 is 0 Å². The van der Waals surface area contributed by atoms with E-state index in [2.05, 4.69) is 42.6 Å². The first kappa shape index (κ1) is 25.5. The van der Waals surface area contributed by atoms with Gasteiger partial charge in [0, 0.05) is 42.8 Å². The van der Waals surface area contributed by atoms with Gasteiger partial charge in [0.15, 0.2) is 11.7 Å². The van der Waals surface area contributed by atoms with Gasteiger partial charge in [-0.25, -0.2) is 25.0 Å². The number of allylic oxidation sites excluding steroid dienone is 2. The molecular formula is C27H29ClN8O2. The third kappa shape index (κ3) is 5.87. The summed E-state index contributed by atoms with van der Waals surface area (Å²) in [6.45, 7) is 6.55. The summed E-state index contributed by atoms with van der Waals surface area (Å²) < 4.78 is 6.00. The van der Waals surface area contributed by atoms with Crippen molar-refractivity contribution in [2.45, 2.75) is 32.3 Å². The molecule has 4 aliphatic rings. The molecule has 0 saturated heterocycles. The van der Waals surface area contributed by atoms with Crippen molar-refractivity contribution in [3.8, 4) is 5.75 Å². The molecule has 0 spiro atoms. The molecule has 3 heterocycles. The van der Waals surface area contributed by atoms with Gasteiger partial charge in [0.05, 0.1) is 16.8 Å². The van der Waals surface area contributed by atoms with Gasteiger partial charge in [0.1, 0.15) is 29.4 Å². The monoisotopic (exact) mass is 532 g/mol. The van der Waals surface area contributed by atoms with Crippen molar-refractivity contribution in [3.05, 3.63) is 83.9 Å². The van der Waals surface area contributed by atoms with E-state index in [1.807, 2.05) is 37.4 Å². The van der Waals surface area contributed by atoms with Gasteiger partial charge in [0.2, 0.25) is 0 Å². The maximum Gasteiger partial charge on any atom is 0.160 e. The van der Waals surface area contributed by atoms with Crippen molar-refractivity contribution in [2.75, 3.05) is 11.9 Å². The van der Waals surface area contributed by atoms with Gasteiger partial charge in [-0.3, -0.25) is 5.43 Å². The van der Waals surface area contributed by atoms with Crippen molar-refractivity contribution in [1.82, 2.24) is 15.8 Å². The minimum absolute atomic E-state index is 0.203. The fourth-order valence-electron chi connectivity index (χ4n) is 4.38. The highest BCUT2D eigenvalue weighted by molar-refractivity contribution is 6.53. The second kappa shape index (κ2) is 11.5. The van der Waals surface area contributed by atoms with Gasteiger partial charge in [-0.15, -0.1) is 0 Å². The Labute approximate surface area is 226 Å². The molecule has 10 nitrogen and oxygen atoms in total. The Morgan fingerprint density at radius 2 is 2.26 bits per heavy atom. The molecule has 0 aromatic heterocycles. The van der Waals surface area contributed by atoms with Crippen LogP contribution in [-0.2, 0) is 0 Å². The van der Waals surface area contributed by atoms with Gasteiger partial charge in [-0.2, -0.15) is 0 Å². The number of fused-ring (bicyclic) bond motifs is 1. The first-order valence-corrected chi connectivity index (χ1v) is 12.8. The van der Waals surface area contributed by atoms with Crippen LogP contribution >= 0.6 is 11.6 Å². The van der Waals surface area contributed by atoms with Crippen LogP contribution in [0.15, 0.2) is 98.9 Å². The van der Waals surface area contributed by atoms with Crippen molar-refractivity contribution < 1.29 is 9.84 Å². The lowest BCUT2D eigenvalue weighted by atomic mass is 10.1. The molecule has 5 rings (SSSR count). The molecule has 1 aromatic carbocycles. The molecule has 1 aliphatic carbocycles.